The van der Waals surface area contributed by atoms with Gasteiger partial charge in [-0.2, -0.15) is 0 Å². The highest BCUT2D eigenvalue weighted by Crippen LogP contribution is 2.26. The van der Waals surface area contributed by atoms with Crippen molar-refractivity contribution in [3.63, 3.8) is 0 Å². The molecule has 7 heteroatoms. The Morgan fingerprint density at radius 2 is 1.75 bits per heavy atom. The number of pyridine rings is 1. The molecule has 3 aromatic rings. The van der Waals surface area contributed by atoms with Crippen LogP contribution in [-0.4, -0.2) is 24.8 Å². The maximum Gasteiger partial charge on any atom is 0.149 e. The number of nitrogens with one attached hydrogen (secondary N) is 2. The molecule has 0 bridgehead atoms. The van der Waals surface area contributed by atoms with Gasteiger partial charge in [0.15, 0.2) is 0 Å². The van der Waals surface area contributed by atoms with Gasteiger partial charge in [0.2, 0.25) is 0 Å². The number of imidazole rings is 1. The second-order valence-electron chi connectivity index (χ2n) is 7.18. The highest BCUT2D eigenvalue weighted by atomic mass is 32.2. The molecular weight excluding hydrogens is 370 g/mol. The molecule has 28 heavy (non-hydrogen) atoms. The van der Waals surface area contributed by atoms with Crippen molar-refractivity contribution in [2.75, 3.05) is 10.6 Å². The van der Waals surface area contributed by atoms with Crippen LogP contribution in [0.1, 0.15) is 32.1 Å². The maximum atomic E-state index is 13.1. The molecule has 146 valence electrons. The molecule has 4 rings (SSSR count). The molecule has 1 aromatic carbocycles. The monoisotopic (exact) mass is 395 g/mol. The van der Waals surface area contributed by atoms with Gasteiger partial charge in [-0.15, -0.1) is 0 Å². The van der Waals surface area contributed by atoms with Gasteiger partial charge < -0.3 is 15.2 Å². The quantitative estimate of drug-likeness (QED) is 0.644. The number of hydrogen-bond donors (Lipinski definition) is 2. The standard InChI is InChI=1S/C21H25N5OS/c1-26-14-21(22-15-26)25-20-13-18(28(27)17-10-6-3-7-11-17)12-19(24-20)23-16-8-4-2-5-9-16/h3,6-7,10-16H,2,4-5,8-9H2,1H3,(H2,23,24,25). The molecular formula is C21H25N5OS. The predicted octanol–water partition coefficient (Wildman–Crippen LogP) is 4.47. The third-order valence-corrected chi connectivity index (χ3v) is 6.25. The smallest absolute Gasteiger partial charge is 0.149 e. The summed E-state index contributed by atoms with van der Waals surface area (Å²) < 4.78 is 15.0. The number of anilines is 3. The first-order valence-corrected chi connectivity index (χ1v) is 10.8. The molecule has 1 atom stereocenters. The lowest BCUT2D eigenvalue weighted by Crippen LogP contribution is -2.23. The van der Waals surface area contributed by atoms with Crippen molar-refractivity contribution in [3.8, 4) is 0 Å². The minimum Gasteiger partial charge on any atom is -0.367 e. The zero-order valence-corrected chi connectivity index (χ0v) is 16.8. The van der Waals surface area contributed by atoms with Crippen molar-refractivity contribution in [3.05, 3.63) is 55.0 Å². The molecule has 1 aliphatic carbocycles. The molecule has 0 saturated heterocycles. The van der Waals surface area contributed by atoms with Crippen LogP contribution in [0.15, 0.2) is 64.8 Å². The van der Waals surface area contributed by atoms with E-state index < -0.39 is 10.8 Å². The van der Waals surface area contributed by atoms with Gasteiger partial charge in [0.05, 0.1) is 22.0 Å². The van der Waals surface area contributed by atoms with Gasteiger partial charge in [0.1, 0.15) is 17.5 Å². The largest absolute Gasteiger partial charge is 0.367 e. The molecule has 2 aromatic heterocycles. The number of hydrogen-bond acceptors (Lipinski definition) is 5. The third-order valence-electron chi connectivity index (χ3n) is 4.89. The van der Waals surface area contributed by atoms with Crippen LogP contribution in [-0.2, 0) is 17.8 Å². The normalized spacial score (nSPS) is 15.9. The number of benzene rings is 1. The zero-order valence-electron chi connectivity index (χ0n) is 16.0. The first-order chi connectivity index (χ1) is 13.7. The van der Waals surface area contributed by atoms with Gasteiger partial charge in [0, 0.05) is 24.2 Å². The molecule has 1 aliphatic rings. The molecule has 2 heterocycles. The average Bonchev–Trinajstić information content (AvgIpc) is 3.13. The highest BCUT2D eigenvalue weighted by molar-refractivity contribution is 7.85. The fourth-order valence-electron chi connectivity index (χ4n) is 3.50. The number of rotatable bonds is 6. The summed E-state index contributed by atoms with van der Waals surface area (Å²) in [5.41, 5.74) is 0. The van der Waals surface area contributed by atoms with Crippen molar-refractivity contribution >= 4 is 28.3 Å². The Bertz CT molecular complexity index is 950. The minimum atomic E-state index is -1.27. The Morgan fingerprint density at radius 3 is 2.46 bits per heavy atom. The van der Waals surface area contributed by atoms with Crippen molar-refractivity contribution < 1.29 is 4.21 Å². The fourth-order valence-corrected chi connectivity index (χ4v) is 4.61. The van der Waals surface area contributed by atoms with E-state index in [0.29, 0.717) is 17.7 Å². The Kier molecular flexibility index (Phi) is 5.71. The van der Waals surface area contributed by atoms with E-state index in [9.17, 15) is 4.21 Å². The second-order valence-corrected chi connectivity index (χ2v) is 8.66. The minimum absolute atomic E-state index is 0.421. The van der Waals surface area contributed by atoms with E-state index in [0.717, 1.165) is 28.5 Å². The zero-order chi connectivity index (χ0) is 19.3. The first kappa shape index (κ1) is 18.7. The van der Waals surface area contributed by atoms with Gasteiger partial charge in [-0.05, 0) is 37.1 Å². The summed E-state index contributed by atoms with van der Waals surface area (Å²) >= 11 is 0. The van der Waals surface area contributed by atoms with Gasteiger partial charge >= 0.3 is 0 Å². The SMILES string of the molecule is Cn1cnc(Nc2cc(S(=O)c3ccccc3)cc(NC3CCCCC3)n2)c1. The lowest BCUT2D eigenvalue weighted by atomic mass is 9.95. The van der Waals surface area contributed by atoms with E-state index in [1.807, 2.05) is 60.3 Å². The lowest BCUT2D eigenvalue weighted by molar-refractivity contribution is 0.462. The summed E-state index contributed by atoms with van der Waals surface area (Å²) in [5, 5.41) is 6.78. The first-order valence-electron chi connectivity index (χ1n) is 9.68. The van der Waals surface area contributed by atoms with Crippen LogP contribution in [0.25, 0.3) is 0 Å². The van der Waals surface area contributed by atoms with Crippen molar-refractivity contribution in [2.24, 2.45) is 7.05 Å². The molecule has 0 aliphatic heterocycles. The van der Waals surface area contributed by atoms with Crippen LogP contribution in [0.5, 0.6) is 0 Å². The number of aryl methyl sites for hydroxylation is 1. The summed E-state index contributed by atoms with van der Waals surface area (Å²) in [5.74, 6) is 2.10. The average molecular weight is 396 g/mol. The summed E-state index contributed by atoms with van der Waals surface area (Å²) in [6.45, 7) is 0. The van der Waals surface area contributed by atoms with Crippen LogP contribution in [0, 0.1) is 0 Å². The molecule has 0 amide bonds. The molecule has 1 fully saturated rings. The van der Waals surface area contributed by atoms with Crippen LogP contribution >= 0.6 is 0 Å². The number of nitrogens with zero attached hydrogens (tertiary/aromatic N) is 3. The van der Waals surface area contributed by atoms with Crippen molar-refractivity contribution in [2.45, 2.75) is 47.9 Å². The lowest BCUT2D eigenvalue weighted by Gasteiger charge is -2.23. The van der Waals surface area contributed by atoms with Crippen molar-refractivity contribution in [1.29, 1.82) is 0 Å². The summed E-state index contributed by atoms with van der Waals surface area (Å²) in [4.78, 5) is 10.5. The summed E-state index contributed by atoms with van der Waals surface area (Å²) in [6.07, 6.45) is 9.70. The third kappa shape index (κ3) is 4.59. The predicted molar refractivity (Wildman–Crippen MR) is 112 cm³/mol. The molecule has 0 spiro atoms. The molecule has 1 unspecified atom stereocenters. The number of aromatic nitrogens is 3. The highest BCUT2D eigenvalue weighted by Gasteiger charge is 2.16. The fraction of sp³-hybridized carbons (Fsp3) is 0.333. The van der Waals surface area contributed by atoms with Crippen LogP contribution in [0.3, 0.4) is 0 Å². The van der Waals surface area contributed by atoms with Gasteiger partial charge in [-0.1, -0.05) is 37.5 Å². The summed E-state index contributed by atoms with van der Waals surface area (Å²) in [6, 6.07) is 13.7. The van der Waals surface area contributed by atoms with Gasteiger partial charge in [-0.3, -0.25) is 0 Å². The van der Waals surface area contributed by atoms with Crippen LogP contribution in [0.2, 0.25) is 0 Å². The van der Waals surface area contributed by atoms with Gasteiger partial charge in [-0.25, -0.2) is 14.2 Å². The van der Waals surface area contributed by atoms with E-state index in [-0.39, 0.29) is 0 Å². The molecule has 6 nitrogen and oxygen atoms in total. The Hall–Kier alpha value is -2.67. The van der Waals surface area contributed by atoms with Gasteiger partial charge in [0.25, 0.3) is 0 Å². The molecule has 2 N–H and O–H groups in total. The van der Waals surface area contributed by atoms with E-state index in [2.05, 4.69) is 15.6 Å². The van der Waals surface area contributed by atoms with E-state index in [4.69, 9.17) is 4.98 Å². The van der Waals surface area contributed by atoms with E-state index >= 15 is 0 Å². The van der Waals surface area contributed by atoms with Crippen LogP contribution in [0.4, 0.5) is 17.5 Å². The van der Waals surface area contributed by atoms with Crippen molar-refractivity contribution in [1.82, 2.24) is 14.5 Å². The molecule has 0 radical (unpaired) electrons. The summed E-state index contributed by atoms with van der Waals surface area (Å²) in [7, 11) is 0.647. The Balaban J connectivity index is 1.64. The molecule has 1 saturated carbocycles. The second kappa shape index (κ2) is 8.56. The topological polar surface area (TPSA) is 71.8 Å². The maximum absolute atomic E-state index is 13.1. The van der Waals surface area contributed by atoms with E-state index in [1.165, 1.54) is 19.3 Å². The van der Waals surface area contributed by atoms with E-state index in [1.54, 1.807) is 6.33 Å². The Morgan fingerprint density at radius 1 is 1.00 bits per heavy atom. The van der Waals surface area contributed by atoms with Crippen LogP contribution < -0.4 is 10.6 Å². The Labute approximate surface area is 167 Å².